The van der Waals surface area contributed by atoms with Crippen molar-refractivity contribution in [3.8, 4) is 0 Å². The van der Waals surface area contributed by atoms with E-state index in [9.17, 15) is 0 Å². The van der Waals surface area contributed by atoms with E-state index in [-0.39, 0.29) is 0 Å². The highest BCUT2D eigenvalue weighted by Gasteiger charge is 2.18. The lowest BCUT2D eigenvalue weighted by molar-refractivity contribution is 0.370. The van der Waals surface area contributed by atoms with Crippen LogP contribution >= 0.6 is 11.6 Å². The fourth-order valence-corrected chi connectivity index (χ4v) is 2.72. The van der Waals surface area contributed by atoms with Crippen molar-refractivity contribution in [3.05, 3.63) is 23.7 Å². The molecule has 0 spiro atoms. The highest BCUT2D eigenvalue weighted by Crippen LogP contribution is 2.21. The minimum absolute atomic E-state index is 0.540. The van der Waals surface area contributed by atoms with E-state index in [1.807, 2.05) is 11.7 Å². The first-order chi connectivity index (χ1) is 10.2. The van der Waals surface area contributed by atoms with Gasteiger partial charge in [0.2, 0.25) is 5.89 Å². The van der Waals surface area contributed by atoms with Gasteiger partial charge in [-0.25, -0.2) is 4.98 Å². The molecular weight excluding hydrogens is 292 g/mol. The molecule has 3 rings (SSSR count). The Hall–Kier alpha value is -1.89. The van der Waals surface area contributed by atoms with Gasteiger partial charge in [0.05, 0.1) is 5.69 Å². The van der Waals surface area contributed by atoms with Crippen molar-refractivity contribution < 1.29 is 4.52 Å². The van der Waals surface area contributed by atoms with Gasteiger partial charge in [-0.15, -0.1) is 11.6 Å². The summed E-state index contributed by atoms with van der Waals surface area (Å²) in [4.78, 5) is 8.78. The maximum absolute atomic E-state index is 5.90. The molecule has 0 bridgehead atoms. The zero-order chi connectivity index (χ0) is 14.8. The van der Waals surface area contributed by atoms with Crippen LogP contribution in [0.3, 0.4) is 0 Å². The summed E-state index contributed by atoms with van der Waals surface area (Å²) in [7, 11) is 1.94. The van der Waals surface area contributed by atoms with Crippen LogP contribution in [0.5, 0.6) is 0 Å². The summed E-state index contributed by atoms with van der Waals surface area (Å²) in [6.07, 6.45) is 3.66. The number of nitrogens with zero attached hydrogens (tertiary/aromatic N) is 6. The predicted octanol–water partition coefficient (Wildman–Crippen LogP) is 1.74. The molecule has 0 aliphatic heterocycles. The fraction of sp³-hybridized carbons (Fsp3) is 0.538. The minimum Gasteiger partial charge on any atom is -0.340 e. The molecule has 0 N–H and O–H groups in total. The Balaban J connectivity index is 2.00. The summed E-state index contributed by atoms with van der Waals surface area (Å²) in [6.45, 7) is 2.80. The van der Waals surface area contributed by atoms with Gasteiger partial charge in [0, 0.05) is 32.3 Å². The second-order valence-electron chi connectivity index (χ2n) is 4.80. The summed E-state index contributed by atoms with van der Waals surface area (Å²) in [6, 6.07) is 0. The van der Waals surface area contributed by atoms with Crippen LogP contribution in [0.15, 0.2) is 10.9 Å². The van der Waals surface area contributed by atoms with Crippen molar-refractivity contribution in [1.29, 1.82) is 0 Å². The number of halogens is 1. The predicted molar refractivity (Wildman–Crippen MR) is 78.3 cm³/mol. The maximum atomic E-state index is 5.90. The standard InChI is InChI=1S/C13H17ClN6O/c1-3-9-12-13(19(2)18-9)20(10(17-12)4-6-14)7-5-11-15-8-16-21-11/h8H,3-7H2,1-2H3. The number of aryl methyl sites for hydroxylation is 5. The van der Waals surface area contributed by atoms with Crippen LogP contribution in [0.4, 0.5) is 0 Å². The second-order valence-corrected chi connectivity index (χ2v) is 5.18. The molecule has 3 aromatic rings. The van der Waals surface area contributed by atoms with Crippen molar-refractivity contribution in [2.24, 2.45) is 7.05 Å². The monoisotopic (exact) mass is 308 g/mol. The molecule has 0 radical (unpaired) electrons. The minimum atomic E-state index is 0.540. The lowest BCUT2D eigenvalue weighted by atomic mass is 10.3. The van der Waals surface area contributed by atoms with Gasteiger partial charge in [-0.2, -0.15) is 10.1 Å². The van der Waals surface area contributed by atoms with E-state index in [1.54, 1.807) is 0 Å². The summed E-state index contributed by atoms with van der Waals surface area (Å²) >= 11 is 5.90. The summed E-state index contributed by atoms with van der Waals surface area (Å²) in [5.41, 5.74) is 3.00. The van der Waals surface area contributed by atoms with Gasteiger partial charge < -0.3 is 9.09 Å². The molecule has 0 saturated carbocycles. The molecular formula is C13H17ClN6O. The smallest absolute Gasteiger partial charge is 0.228 e. The molecule has 0 aliphatic carbocycles. The van der Waals surface area contributed by atoms with Crippen LogP contribution in [0.2, 0.25) is 0 Å². The number of rotatable bonds is 6. The Morgan fingerprint density at radius 2 is 2.19 bits per heavy atom. The van der Waals surface area contributed by atoms with Gasteiger partial charge >= 0.3 is 0 Å². The molecule has 0 amide bonds. The lowest BCUT2D eigenvalue weighted by Crippen LogP contribution is -2.10. The number of fused-ring (bicyclic) bond motifs is 1. The zero-order valence-corrected chi connectivity index (χ0v) is 12.8. The molecule has 0 fully saturated rings. The van der Waals surface area contributed by atoms with Crippen molar-refractivity contribution >= 4 is 22.8 Å². The van der Waals surface area contributed by atoms with E-state index in [2.05, 4.69) is 26.7 Å². The van der Waals surface area contributed by atoms with E-state index in [0.29, 0.717) is 24.7 Å². The van der Waals surface area contributed by atoms with Gasteiger partial charge in [-0.1, -0.05) is 12.1 Å². The largest absolute Gasteiger partial charge is 0.340 e. The Bertz CT molecular complexity index is 730. The molecule has 0 unspecified atom stereocenters. The van der Waals surface area contributed by atoms with Gasteiger partial charge in [-0.3, -0.25) is 4.68 Å². The Kier molecular flexibility index (Phi) is 3.92. The average molecular weight is 309 g/mol. The molecule has 21 heavy (non-hydrogen) atoms. The molecule has 0 aliphatic rings. The number of alkyl halides is 1. The zero-order valence-electron chi connectivity index (χ0n) is 12.1. The molecule has 3 aromatic heterocycles. The molecule has 0 atom stereocenters. The van der Waals surface area contributed by atoms with E-state index in [4.69, 9.17) is 21.1 Å². The topological polar surface area (TPSA) is 74.6 Å². The number of aromatic nitrogens is 6. The molecule has 0 saturated heterocycles. The van der Waals surface area contributed by atoms with Crippen LogP contribution in [-0.2, 0) is 32.9 Å². The van der Waals surface area contributed by atoms with Crippen LogP contribution in [0.1, 0.15) is 24.3 Å². The van der Waals surface area contributed by atoms with Crippen LogP contribution < -0.4 is 0 Å². The lowest BCUT2D eigenvalue weighted by Gasteiger charge is -2.07. The normalized spacial score (nSPS) is 11.6. The van der Waals surface area contributed by atoms with Gasteiger partial charge in [0.15, 0.2) is 12.0 Å². The van der Waals surface area contributed by atoms with Crippen molar-refractivity contribution in [2.45, 2.75) is 32.7 Å². The van der Waals surface area contributed by atoms with E-state index in [1.165, 1.54) is 6.33 Å². The number of imidazole rings is 1. The maximum Gasteiger partial charge on any atom is 0.228 e. The second kappa shape index (κ2) is 5.85. The first kappa shape index (κ1) is 14.1. The Labute approximate surface area is 126 Å². The Morgan fingerprint density at radius 1 is 1.33 bits per heavy atom. The fourth-order valence-electron chi connectivity index (χ4n) is 2.55. The van der Waals surface area contributed by atoms with Crippen LogP contribution in [0, 0.1) is 0 Å². The molecule has 3 heterocycles. The van der Waals surface area contributed by atoms with Gasteiger partial charge in [0.25, 0.3) is 0 Å². The first-order valence-corrected chi connectivity index (χ1v) is 7.50. The average Bonchev–Trinajstić information content (AvgIpc) is 3.16. The van der Waals surface area contributed by atoms with E-state index >= 15 is 0 Å². The SMILES string of the molecule is CCc1nn(C)c2c1nc(CCCl)n2CCc1ncno1. The molecule has 7 nitrogen and oxygen atoms in total. The van der Waals surface area contributed by atoms with Crippen molar-refractivity contribution in [2.75, 3.05) is 5.88 Å². The quantitative estimate of drug-likeness (QED) is 0.648. The van der Waals surface area contributed by atoms with Gasteiger partial charge in [-0.05, 0) is 6.42 Å². The highest BCUT2D eigenvalue weighted by atomic mass is 35.5. The van der Waals surface area contributed by atoms with Crippen molar-refractivity contribution in [1.82, 2.24) is 29.5 Å². The molecule has 8 heteroatoms. The third-order valence-corrected chi connectivity index (χ3v) is 3.67. The molecule has 0 aromatic carbocycles. The van der Waals surface area contributed by atoms with Crippen LogP contribution in [-0.4, -0.2) is 35.4 Å². The summed E-state index contributed by atoms with van der Waals surface area (Å²) in [5, 5.41) is 8.15. The van der Waals surface area contributed by atoms with Crippen LogP contribution in [0.25, 0.3) is 11.2 Å². The number of hydrogen-bond acceptors (Lipinski definition) is 5. The third kappa shape index (κ3) is 2.53. The highest BCUT2D eigenvalue weighted by molar-refractivity contribution is 6.17. The molecule has 112 valence electrons. The number of hydrogen-bond donors (Lipinski definition) is 0. The van der Waals surface area contributed by atoms with Crippen molar-refractivity contribution in [3.63, 3.8) is 0 Å². The van der Waals surface area contributed by atoms with E-state index < -0.39 is 0 Å². The first-order valence-electron chi connectivity index (χ1n) is 6.97. The summed E-state index contributed by atoms with van der Waals surface area (Å²) < 4.78 is 9.09. The summed E-state index contributed by atoms with van der Waals surface area (Å²) in [5.74, 6) is 2.13. The Morgan fingerprint density at radius 3 is 2.86 bits per heavy atom. The third-order valence-electron chi connectivity index (χ3n) is 3.48. The van der Waals surface area contributed by atoms with Gasteiger partial charge in [0.1, 0.15) is 11.3 Å². The van der Waals surface area contributed by atoms with E-state index in [0.717, 1.165) is 35.5 Å².